The SMILES string of the molecule is COc1ccc(CNc2cc(C(=O)NCc3ccc(C)cc3)nc(C)n2)cc1. The van der Waals surface area contributed by atoms with Crippen LogP contribution < -0.4 is 15.4 Å². The smallest absolute Gasteiger partial charge is 0.270 e. The summed E-state index contributed by atoms with van der Waals surface area (Å²) in [5.74, 6) is 1.75. The first-order valence-electron chi connectivity index (χ1n) is 9.10. The van der Waals surface area contributed by atoms with Crippen molar-refractivity contribution >= 4 is 11.7 Å². The molecule has 0 saturated carbocycles. The highest BCUT2D eigenvalue weighted by atomic mass is 16.5. The number of anilines is 1. The van der Waals surface area contributed by atoms with Crippen LogP contribution in [0.2, 0.25) is 0 Å². The zero-order chi connectivity index (χ0) is 19.9. The standard InChI is InChI=1S/C22H24N4O2/c1-15-4-6-17(7-5-15)14-24-22(27)20-12-21(26-16(2)25-20)23-13-18-8-10-19(28-3)11-9-18/h4-12H,13-14H2,1-3H3,(H,24,27)(H,23,25,26). The van der Waals surface area contributed by atoms with Crippen LogP contribution in [0.3, 0.4) is 0 Å². The van der Waals surface area contributed by atoms with Gasteiger partial charge in [-0.3, -0.25) is 4.79 Å². The highest BCUT2D eigenvalue weighted by Crippen LogP contribution is 2.13. The van der Waals surface area contributed by atoms with Crippen molar-refractivity contribution in [3.05, 3.63) is 82.8 Å². The number of rotatable bonds is 7. The number of carbonyl (C=O) groups excluding carboxylic acids is 1. The van der Waals surface area contributed by atoms with Gasteiger partial charge in [-0.15, -0.1) is 0 Å². The lowest BCUT2D eigenvalue weighted by Crippen LogP contribution is -2.24. The first kappa shape index (κ1) is 19.4. The first-order valence-corrected chi connectivity index (χ1v) is 9.10. The van der Waals surface area contributed by atoms with Gasteiger partial charge in [0.1, 0.15) is 23.1 Å². The fraction of sp³-hybridized carbons (Fsp3) is 0.227. The topological polar surface area (TPSA) is 76.1 Å². The Labute approximate surface area is 165 Å². The maximum absolute atomic E-state index is 12.5. The highest BCUT2D eigenvalue weighted by molar-refractivity contribution is 5.92. The number of nitrogens with zero attached hydrogens (tertiary/aromatic N) is 2. The molecule has 2 aromatic carbocycles. The predicted octanol–water partition coefficient (Wildman–Crippen LogP) is 3.64. The molecular formula is C22H24N4O2. The third-order valence-electron chi connectivity index (χ3n) is 4.28. The van der Waals surface area contributed by atoms with Crippen molar-refractivity contribution < 1.29 is 9.53 Å². The van der Waals surface area contributed by atoms with Gasteiger partial charge in [-0.1, -0.05) is 42.0 Å². The molecule has 0 bridgehead atoms. The number of aryl methyl sites for hydroxylation is 2. The van der Waals surface area contributed by atoms with Gasteiger partial charge in [0, 0.05) is 19.2 Å². The molecule has 28 heavy (non-hydrogen) atoms. The zero-order valence-electron chi connectivity index (χ0n) is 16.3. The normalized spacial score (nSPS) is 10.4. The Bertz CT molecular complexity index is 938. The van der Waals surface area contributed by atoms with Crippen molar-refractivity contribution in [3.63, 3.8) is 0 Å². The lowest BCUT2D eigenvalue weighted by atomic mass is 10.1. The minimum Gasteiger partial charge on any atom is -0.497 e. The van der Waals surface area contributed by atoms with Crippen molar-refractivity contribution in [3.8, 4) is 5.75 Å². The van der Waals surface area contributed by atoms with Crippen LogP contribution in [-0.4, -0.2) is 23.0 Å². The number of methoxy groups -OCH3 is 1. The molecule has 0 fully saturated rings. The van der Waals surface area contributed by atoms with Crippen LogP contribution in [0.1, 0.15) is 33.0 Å². The number of ether oxygens (including phenoxy) is 1. The predicted molar refractivity (Wildman–Crippen MR) is 109 cm³/mol. The van der Waals surface area contributed by atoms with E-state index in [1.165, 1.54) is 5.56 Å². The minimum absolute atomic E-state index is 0.224. The summed E-state index contributed by atoms with van der Waals surface area (Å²) in [6, 6.07) is 17.5. The van der Waals surface area contributed by atoms with E-state index in [1.54, 1.807) is 20.1 Å². The van der Waals surface area contributed by atoms with Gasteiger partial charge in [-0.05, 0) is 37.1 Å². The van der Waals surface area contributed by atoms with Crippen LogP contribution in [0.4, 0.5) is 5.82 Å². The molecule has 0 unspecified atom stereocenters. The second-order valence-corrected chi connectivity index (χ2v) is 6.56. The van der Waals surface area contributed by atoms with Crippen LogP contribution in [0.25, 0.3) is 0 Å². The maximum atomic E-state index is 12.5. The second-order valence-electron chi connectivity index (χ2n) is 6.56. The fourth-order valence-electron chi connectivity index (χ4n) is 2.69. The summed E-state index contributed by atoms with van der Waals surface area (Å²) in [5.41, 5.74) is 3.66. The van der Waals surface area contributed by atoms with Crippen molar-refractivity contribution in [2.75, 3.05) is 12.4 Å². The van der Waals surface area contributed by atoms with Crippen LogP contribution in [-0.2, 0) is 13.1 Å². The Morgan fingerprint density at radius 1 is 0.929 bits per heavy atom. The Kier molecular flexibility index (Phi) is 6.22. The summed E-state index contributed by atoms with van der Waals surface area (Å²) in [7, 11) is 1.64. The van der Waals surface area contributed by atoms with Gasteiger partial charge in [-0.2, -0.15) is 0 Å². The zero-order valence-corrected chi connectivity index (χ0v) is 16.3. The first-order chi connectivity index (χ1) is 13.5. The van der Waals surface area contributed by atoms with E-state index in [1.807, 2.05) is 55.5 Å². The molecule has 6 nitrogen and oxygen atoms in total. The minimum atomic E-state index is -0.224. The fourth-order valence-corrected chi connectivity index (χ4v) is 2.69. The van der Waals surface area contributed by atoms with E-state index in [-0.39, 0.29) is 5.91 Å². The number of benzene rings is 2. The van der Waals surface area contributed by atoms with Crippen molar-refractivity contribution in [2.45, 2.75) is 26.9 Å². The van der Waals surface area contributed by atoms with E-state index < -0.39 is 0 Å². The number of amides is 1. The van der Waals surface area contributed by atoms with Crippen molar-refractivity contribution in [2.24, 2.45) is 0 Å². The van der Waals surface area contributed by atoms with Gasteiger partial charge in [0.2, 0.25) is 0 Å². The van der Waals surface area contributed by atoms with E-state index in [9.17, 15) is 4.79 Å². The molecule has 0 aliphatic heterocycles. The van der Waals surface area contributed by atoms with E-state index in [4.69, 9.17) is 4.74 Å². The Balaban J connectivity index is 1.62. The van der Waals surface area contributed by atoms with Crippen LogP contribution >= 0.6 is 0 Å². The molecule has 6 heteroatoms. The second kappa shape index (κ2) is 8.99. The quantitative estimate of drug-likeness (QED) is 0.658. The molecule has 0 aliphatic rings. The van der Waals surface area contributed by atoms with Gasteiger partial charge >= 0.3 is 0 Å². The number of hydrogen-bond donors (Lipinski definition) is 2. The summed E-state index contributed by atoms with van der Waals surface area (Å²) in [6.07, 6.45) is 0. The van der Waals surface area contributed by atoms with Crippen molar-refractivity contribution in [1.29, 1.82) is 0 Å². The highest BCUT2D eigenvalue weighted by Gasteiger charge is 2.10. The molecule has 2 N–H and O–H groups in total. The number of carbonyl (C=O) groups is 1. The average Bonchev–Trinajstić information content (AvgIpc) is 2.71. The number of aromatic nitrogens is 2. The Morgan fingerprint density at radius 2 is 1.57 bits per heavy atom. The molecule has 1 amide bonds. The van der Waals surface area contributed by atoms with Crippen LogP contribution in [0.15, 0.2) is 54.6 Å². The molecule has 0 aliphatic carbocycles. The molecule has 0 spiro atoms. The molecule has 3 aromatic rings. The molecule has 144 valence electrons. The third-order valence-corrected chi connectivity index (χ3v) is 4.28. The third kappa shape index (κ3) is 5.30. The van der Waals surface area contributed by atoms with Gasteiger partial charge in [0.05, 0.1) is 7.11 Å². The molecule has 3 rings (SSSR count). The molecular weight excluding hydrogens is 352 g/mol. The summed E-state index contributed by atoms with van der Waals surface area (Å²) in [6.45, 7) is 4.85. The molecule has 0 atom stereocenters. The summed E-state index contributed by atoms with van der Waals surface area (Å²) in [4.78, 5) is 21.1. The maximum Gasteiger partial charge on any atom is 0.270 e. The summed E-state index contributed by atoms with van der Waals surface area (Å²) < 4.78 is 5.17. The van der Waals surface area contributed by atoms with Gasteiger partial charge in [0.15, 0.2) is 0 Å². The van der Waals surface area contributed by atoms with E-state index in [0.29, 0.717) is 30.4 Å². The van der Waals surface area contributed by atoms with E-state index >= 15 is 0 Å². The Morgan fingerprint density at radius 3 is 2.25 bits per heavy atom. The number of nitrogens with one attached hydrogen (secondary N) is 2. The lowest BCUT2D eigenvalue weighted by Gasteiger charge is -2.10. The van der Waals surface area contributed by atoms with E-state index in [2.05, 4.69) is 20.6 Å². The Hall–Kier alpha value is -3.41. The lowest BCUT2D eigenvalue weighted by molar-refractivity contribution is 0.0945. The summed E-state index contributed by atoms with van der Waals surface area (Å²) in [5, 5.41) is 6.15. The average molecular weight is 376 g/mol. The monoisotopic (exact) mass is 376 g/mol. The van der Waals surface area contributed by atoms with Crippen LogP contribution in [0, 0.1) is 13.8 Å². The van der Waals surface area contributed by atoms with Gasteiger partial charge in [0.25, 0.3) is 5.91 Å². The molecule has 1 aromatic heterocycles. The molecule has 1 heterocycles. The van der Waals surface area contributed by atoms with Gasteiger partial charge < -0.3 is 15.4 Å². The summed E-state index contributed by atoms with van der Waals surface area (Å²) >= 11 is 0. The van der Waals surface area contributed by atoms with E-state index in [0.717, 1.165) is 16.9 Å². The van der Waals surface area contributed by atoms with Crippen LogP contribution in [0.5, 0.6) is 5.75 Å². The molecule has 0 saturated heterocycles. The largest absolute Gasteiger partial charge is 0.497 e. The van der Waals surface area contributed by atoms with Gasteiger partial charge in [-0.25, -0.2) is 9.97 Å². The molecule has 0 radical (unpaired) electrons. The van der Waals surface area contributed by atoms with Crippen molar-refractivity contribution in [1.82, 2.24) is 15.3 Å². The number of hydrogen-bond acceptors (Lipinski definition) is 5.